The van der Waals surface area contributed by atoms with Crippen molar-refractivity contribution in [3.05, 3.63) is 0 Å². The Bertz CT molecular complexity index is 250. The number of amides is 1. The van der Waals surface area contributed by atoms with E-state index >= 15 is 0 Å². The molecular weight excluding hydrogens is 194 g/mol. The number of rotatable bonds is 3. The molecule has 0 aromatic heterocycles. The SMILES string of the molecule is CC(C)C(=O)N1CCCCC1CC(=O)O. The van der Waals surface area contributed by atoms with E-state index in [1.54, 1.807) is 4.90 Å². The lowest BCUT2D eigenvalue weighted by atomic mass is 9.97. The van der Waals surface area contributed by atoms with E-state index in [9.17, 15) is 9.59 Å². The molecule has 1 aliphatic rings. The Morgan fingerprint density at radius 3 is 2.60 bits per heavy atom. The molecule has 0 aliphatic carbocycles. The first-order valence-electron chi connectivity index (χ1n) is 5.54. The van der Waals surface area contributed by atoms with Crippen LogP contribution in [0.4, 0.5) is 0 Å². The molecule has 1 N–H and O–H groups in total. The van der Waals surface area contributed by atoms with Gasteiger partial charge in [-0.3, -0.25) is 9.59 Å². The van der Waals surface area contributed by atoms with Gasteiger partial charge in [-0.2, -0.15) is 0 Å². The van der Waals surface area contributed by atoms with Crippen LogP contribution < -0.4 is 0 Å². The Kier molecular flexibility index (Phi) is 4.12. The van der Waals surface area contributed by atoms with Gasteiger partial charge in [0.25, 0.3) is 0 Å². The molecule has 0 spiro atoms. The maximum Gasteiger partial charge on any atom is 0.305 e. The summed E-state index contributed by atoms with van der Waals surface area (Å²) >= 11 is 0. The summed E-state index contributed by atoms with van der Waals surface area (Å²) in [6.07, 6.45) is 2.93. The number of carbonyl (C=O) groups excluding carboxylic acids is 1. The van der Waals surface area contributed by atoms with Crippen LogP contribution in [0.1, 0.15) is 39.5 Å². The van der Waals surface area contributed by atoms with Crippen molar-refractivity contribution < 1.29 is 14.7 Å². The van der Waals surface area contributed by atoms with E-state index in [1.165, 1.54) is 0 Å². The van der Waals surface area contributed by atoms with Gasteiger partial charge in [0.2, 0.25) is 5.91 Å². The number of nitrogens with zero attached hydrogens (tertiary/aromatic N) is 1. The second-order valence-electron chi connectivity index (χ2n) is 4.43. The highest BCUT2D eigenvalue weighted by atomic mass is 16.4. The molecule has 4 nitrogen and oxygen atoms in total. The zero-order chi connectivity index (χ0) is 11.4. The van der Waals surface area contributed by atoms with Crippen LogP contribution in [-0.2, 0) is 9.59 Å². The maximum absolute atomic E-state index is 11.8. The van der Waals surface area contributed by atoms with Gasteiger partial charge < -0.3 is 10.0 Å². The van der Waals surface area contributed by atoms with Gasteiger partial charge in [0.1, 0.15) is 0 Å². The summed E-state index contributed by atoms with van der Waals surface area (Å²) in [6, 6.07) is -0.0915. The molecular formula is C11H19NO3. The van der Waals surface area contributed by atoms with Crippen LogP contribution in [0.25, 0.3) is 0 Å². The molecule has 0 bridgehead atoms. The fourth-order valence-corrected chi connectivity index (χ4v) is 2.04. The highest BCUT2D eigenvalue weighted by Crippen LogP contribution is 2.21. The Morgan fingerprint density at radius 1 is 1.40 bits per heavy atom. The topological polar surface area (TPSA) is 57.6 Å². The van der Waals surface area contributed by atoms with Gasteiger partial charge in [-0.25, -0.2) is 0 Å². The van der Waals surface area contributed by atoms with Crippen molar-refractivity contribution in [3.8, 4) is 0 Å². The molecule has 1 heterocycles. The van der Waals surface area contributed by atoms with Crippen molar-refractivity contribution >= 4 is 11.9 Å². The van der Waals surface area contributed by atoms with Crippen molar-refractivity contribution in [1.82, 2.24) is 4.90 Å². The van der Waals surface area contributed by atoms with E-state index in [4.69, 9.17) is 5.11 Å². The van der Waals surface area contributed by atoms with Crippen LogP contribution in [0.5, 0.6) is 0 Å². The summed E-state index contributed by atoms with van der Waals surface area (Å²) in [6.45, 7) is 4.43. The van der Waals surface area contributed by atoms with Crippen molar-refractivity contribution in [2.24, 2.45) is 5.92 Å². The lowest BCUT2D eigenvalue weighted by Gasteiger charge is -2.36. The number of piperidine rings is 1. The van der Waals surface area contributed by atoms with Crippen molar-refractivity contribution in [2.75, 3.05) is 6.54 Å². The van der Waals surface area contributed by atoms with E-state index in [0.717, 1.165) is 25.8 Å². The summed E-state index contributed by atoms with van der Waals surface area (Å²) in [5, 5.41) is 8.77. The largest absolute Gasteiger partial charge is 0.481 e. The van der Waals surface area contributed by atoms with Crippen LogP contribution in [-0.4, -0.2) is 34.5 Å². The average Bonchev–Trinajstić information content (AvgIpc) is 2.16. The molecule has 0 saturated carbocycles. The third-order valence-electron chi connectivity index (χ3n) is 2.81. The van der Waals surface area contributed by atoms with E-state index in [1.807, 2.05) is 13.8 Å². The van der Waals surface area contributed by atoms with Gasteiger partial charge in [-0.15, -0.1) is 0 Å². The normalized spacial score (nSPS) is 21.8. The quantitative estimate of drug-likeness (QED) is 0.772. The van der Waals surface area contributed by atoms with Crippen LogP contribution in [0.2, 0.25) is 0 Å². The molecule has 0 aromatic rings. The Morgan fingerprint density at radius 2 is 2.07 bits per heavy atom. The predicted octanol–water partition coefficient (Wildman–Crippen LogP) is 1.50. The summed E-state index contributed by atoms with van der Waals surface area (Å²) in [5.74, 6) is -0.774. The minimum atomic E-state index is -0.816. The van der Waals surface area contributed by atoms with Crippen molar-refractivity contribution in [1.29, 1.82) is 0 Å². The third-order valence-corrected chi connectivity index (χ3v) is 2.81. The van der Waals surface area contributed by atoms with Gasteiger partial charge in [-0.05, 0) is 19.3 Å². The monoisotopic (exact) mass is 213 g/mol. The van der Waals surface area contributed by atoms with E-state index in [2.05, 4.69) is 0 Å². The molecule has 1 rings (SSSR count). The Hall–Kier alpha value is -1.06. The molecule has 0 aromatic carbocycles. The van der Waals surface area contributed by atoms with Gasteiger partial charge in [0.15, 0.2) is 0 Å². The fourth-order valence-electron chi connectivity index (χ4n) is 2.04. The average molecular weight is 213 g/mol. The maximum atomic E-state index is 11.8. The smallest absolute Gasteiger partial charge is 0.305 e. The first kappa shape index (κ1) is 12.0. The Labute approximate surface area is 90.3 Å². The second kappa shape index (κ2) is 5.14. The highest BCUT2D eigenvalue weighted by Gasteiger charge is 2.29. The molecule has 15 heavy (non-hydrogen) atoms. The molecule has 1 aliphatic heterocycles. The standard InChI is InChI=1S/C11H19NO3/c1-8(2)11(15)12-6-4-3-5-9(12)7-10(13)14/h8-9H,3-7H2,1-2H3,(H,13,14). The first-order valence-corrected chi connectivity index (χ1v) is 5.54. The van der Waals surface area contributed by atoms with Crippen molar-refractivity contribution in [3.63, 3.8) is 0 Å². The fraction of sp³-hybridized carbons (Fsp3) is 0.818. The molecule has 4 heteroatoms. The molecule has 1 unspecified atom stereocenters. The summed E-state index contributed by atoms with van der Waals surface area (Å²) in [5.41, 5.74) is 0. The first-order chi connectivity index (χ1) is 7.02. The van der Waals surface area contributed by atoms with Gasteiger partial charge in [-0.1, -0.05) is 13.8 Å². The molecule has 86 valence electrons. The lowest BCUT2D eigenvalue weighted by molar-refractivity contribution is -0.143. The van der Waals surface area contributed by atoms with E-state index in [0.29, 0.717) is 0 Å². The van der Waals surface area contributed by atoms with E-state index in [-0.39, 0.29) is 24.3 Å². The molecule has 1 amide bonds. The zero-order valence-corrected chi connectivity index (χ0v) is 9.40. The Balaban J connectivity index is 2.65. The molecule has 1 saturated heterocycles. The van der Waals surface area contributed by atoms with Crippen molar-refractivity contribution in [2.45, 2.75) is 45.6 Å². The van der Waals surface area contributed by atoms with Crippen LogP contribution >= 0.6 is 0 Å². The van der Waals surface area contributed by atoms with Gasteiger partial charge >= 0.3 is 5.97 Å². The van der Waals surface area contributed by atoms with Crippen LogP contribution in [0.3, 0.4) is 0 Å². The highest BCUT2D eigenvalue weighted by molar-refractivity contribution is 5.79. The minimum absolute atomic E-state index is 0.0422. The number of hydrogen-bond donors (Lipinski definition) is 1. The zero-order valence-electron chi connectivity index (χ0n) is 9.40. The number of carbonyl (C=O) groups is 2. The minimum Gasteiger partial charge on any atom is -0.481 e. The van der Waals surface area contributed by atoms with E-state index < -0.39 is 5.97 Å². The van der Waals surface area contributed by atoms with Crippen LogP contribution in [0.15, 0.2) is 0 Å². The summed E-state index contributed by atoms with van der Waals surface area (Å²) in [7, 11) is 0. The summed E-state index contributed by atoms with van der Waals surface area (Å²) < 4.78 is 0. The van der Waals surface area contributed by atoms with Gasteiger partial charge in [0, 0.05) is 18.5 Å². The lowest BCUT2D eigenvalue weighted by Crippen LogP contribution is -2.46. The number of aliphatic carboxylic acids is 1. The molecule has 0 radical (unpaired) electrons. The van der Waals surface area contributed by atoms with Crippen LogP contribution in [0, 0.1) is 5.92 Å². The third kappa shape index (κ3) is 3.22. The number of carboxylic acid groups (broad SMARTS) is 1. The molecule has 1 atom stereocenters. The van der Waals surface area contributed by atoms with Gasteiger partial charge in [0.05, 0.1) is 6.42 Å². The molecule has 1 fully saturated rings. The second-order valence-corrected chi connectivity index (χ2v) is 4.43. The predicted molar refractivity (Wildman–Crippen MR) is 56.4 cm³/mol. The summed E-state index contributed by atoms with van der Waals surface area (Å²) in [4.78, 5) is 24.2. The number of carboxylic acids is 1. The number of likely N-dealkylation sites (tertiary alicyclic amines) is 1. The number of hydrogen-bond acceptors (Lipinski definition) is 2.